The van der Waals surface area contributed by atoms with Gasteiger partial charge in [0.2, 0.25) is 0 Å². The predicted molar refractivity (Wildman–Crippen MR) is 210 cm³/mol. The van der Waals surface area contributed by atoms with Crippen LogP contribution in [0.3, 0.4) is 0 Å². The molecule has 0 aromatic heterocycles. The predicted octanol–water partition coefficient (Wildman–Crippen LogP) is 8.46. The number of epoxide rings is 2. The molecule has 1 saturated carbocycles. The van der Waals surface area contributed by atoms with Crippen LogP contribution in [0.15, 0.2) is 0 Å². The number of hydrogen-bond donors (Lipinski definition) is 0. The lowest BCUT2D eigenvalue weighted by atomic mass is 9.88. The Morgan fingerprint density at radius 3 is 1.75 bits per heavy atom. The molecule has 3 aliphatic heterocycles. The van der Waals surface area contributed by atoms with E-state index in [2.05, 4.69) is 85.1 Å². The Morgan fingerprint density at radius 1 is 0.625 bits per heavy atom. The second-order valence-corrected chi connectivity index (χ2v) is 43.7. The first kappa shape index (κ1) is 43.3. The second-order valence-electron chi connectivity index (χ2n) is 18.4. The van der Waals surface area contributed by atoms with E-state index in [-0.39, 0.29) is 0 Å². The summed E-state index contributed by atoms with van der Waals surface area (Å²) in [7, 11) is -10.8. The molecule has 3 heterocycles. The van der Waals surface area contributed by atoms with Crippen molar-refractivity contribution in [3.8, 4) is 0 Å². The average molecular weight is 783 g/mol. The van der Waals surface area contributed by atoms with Crippen molar-refractivity contribution in [3.63, 3.8) is 0 Å². The smallest absolute Gasteiger partial charge is 0.315 e. The van der Waals surface area contributed by atoms with Crippen molar-refractivity contribution in [2.24, 2.45) is 5.92 Å². The van der Waals surface area contributed by atoms with E-state index in [0.29, 0.717) is 24.4 Å². The average Bonchev–Trinajstić information content (AvgIpc) is 3.78. The third-order valence-electron chi connectivity index (χ3n) is 8.87. The van der Waals surface area contributed by atoms with Crippen molar-refractivity contribution in [1.82, 2.24) is 0 Å². The van der Waals surface area contributed by atoms with Gasteiger partial charge in [0.05, 0.1) is 38.6 Å². The monoisotopic (exact) mass is 782 g/mol. The van der Waals surface area contributed by atoms with Gasteiger partial charge in [-0.05, 0) is 148 Å². The van der Waals surface area contributed by atoms with Crippen molar-refractivity contribution in [1.29, 1.82) is 0 Å². The lowest BCUT2D eigenvalue weighted by molar-refractivity contribution is -0.129. The molecule has 284 valence electrons. The highest BCUT2D eigenvalue weighted by atomic mass is 28.5. The molecule has 15 heteroatoms. The molecule has 1 aliphatic carbocycles. The molecule has 4 rings (SSSR count). The van der Waals surface area contributed by atoms with E-state index < -0.39 is 50.4 Å². The topological polar surface area (TPSA) is 89.7 Å². The molecule has 0 spiro atoms. The summed E-state index contributed by atoms with van der Waals surface area (Å²) in [4.78, 5) is 0. The van der Waals surface area contributed by atoms with Gasteiger partial charge in [-0.15, -0.1) is 0 Å². The molecular formula is C33H74O9Si6. The number of rotatable bonds is 22. The van der Waals surface area contributed by atoms with Crippen molar-refractivity contribution < 1.29 is 40.1 Å². The summed E-state index contributed by atoms with van der Waals surface area (Å²) in [6.07, 6.45) is 9.09. The summed E-state index contributed by atoms with van der Waals surface area (Å²) in [6.45, 7) is 34.5. The van der Waals surface area contributed by atoms with E-state index >= 15 is 0 Å². The molecule has 5 atom stereocenters. The third-order valence-corrected chi connectivity index (χ3v) is 29.9. The minimum absolute atomic E-state index is 0.340. The Hall–Kier alpha value is 0.941. The van der Waals surface area contributed by atoms with E-state index in [4.69, 9.17) is 40.1 Å². The highest BCUT2D eigenvalue weighted by Crippen LogP contribution is 2.42. The zero-order chi connectivity index (χ0) is 35.9. The van der Waals surface area contributed by atoms with E-state index in [1.165, 1.54) is 37.8 Å². The maximum atomic E-state index is 6.78. The van der Waals surface area contributed by atoms with Crippen LogP contribution in [0.25, 0.3) is 0 Å². The maximum absolute atomic E-state index is 6.78. The van der Waals surface area contributed by atoms with Gasteiger partial charge in [-0.3, -0.25) is 0 Å². The van der Waals surface area contributed by atoms with E-state index in [9.17, 15) is 0 Å². The minimum Gasteiger partial charge on any atom is -0.455 e. The fraction of sp³-hybridized carbons (Fsp3) is 1.00. The first-order valence-corrected chi connectivity index (χ1v) is 37.3. The van der Waals surface area contributed by atoms with Gasteiger partial charge in [-0.1, -0.05) is 0 Å². The van der Waals surface area contributed by atoms with Crippen LogP contribution in [0.5, 0.6) is 0 Å². The zero-order valence-electron chi connectivity index (χ0n) is 33.2. The van der Waals surface area contributed by atoms with Crippen LogP contribution >= 0.6 is 0 Å². The third kappa shape index (κ3) is 19.1. The Balaban J connectivity index is 0.000000261. The number of fused-ring (bicyclic) bond motifs is 1. The second kappa shape index (κ2) is 18.3. The van der Waals surface area contributed by atoms with Gasteiger partial charge in [0.15, 0.2) is 33.3 Å². The Bertz CT molecular complexity index is 953. The first-order chi connectivity index (χ1) is 22.0. The SMILES string of the molecule is C[Si](C)(C)O[Si](C)(C)O[Si](C)(CCC1CCC2OC2C1)O[Si](C)(C)C.C[Si](C)(CCCOCC1CO1)O[Si](C)(C)CCCOC1COC1. The highest BCUT2D eigenvalue weighted by molar-refractivity contribution is 6.89. The molecular weight excluding hydrogens is 709 g/mol. The van der Waals surface area contributed by atoms with Crippen LogP contribution in [0, 0.1) is 5.92 Å². The van der Waals surface area contributed by atoms with Gasteiger partial charge in [-0.2, -0.15) is 0 Å². The molecule has 0 radical (unpaired) electrons. The van der Waals surface area contributed by atoms with Crippen molar-refractivity contribution in [2.75, 3.05) is 39.6 Å². The Labute approximate surface area is 301 Å². The largest absolute Gasteiger partial charge is 0.455 e. The van der Waals surface area contributed by atoms with E-state index in [0.717, 1.165) is 64.4 Å². The lowest BCUT2D eigenvalue weighted by Crippen LogP contribution is -2.56. The first-order valence-electron chi connectivity index (χ1n) is 18.9. The molecule has 3 saturated heterocycles. The summed E-state index contributed by atoms with van der Waals surface area (Å²) < 4.78 is 53.9. The minimum atomic E-state index is -2.23. The fourth-order valence-electron chi connectivity index (χ4n) is 7.15. The van der Waals surface area contributed by atoms with Crippen molar-refractivity contribution in [3.05, 3.63) is 0 Å². The zero-order valence-corrected chi connectivity index (χ0v) is 39.2. The summed E-state index contributed by atoms with van der Waals surface area (Å²) in [5.41, 5.74) is 0. The van der Waals surface area contributed by atoms with E-state index in [1.54, 1.807) is 0 Å². The van der Waals surface area contributed by atoms with Crippen LogP contribution in [0.2, 0.25) is 103 Å². The number of hydrogen-bond acceptors (Lipinski definition) is 9. The van der Waals surface area contributed by atoms with Crippen molar-refractivity contribution in [2.45, 2.75) is 166 Å². The highest BCUT2D eigenvalue weighted by Gasteiger charge is 2.47. The Kier molecular flexibility index (Phi) is 16.5. The van der Waals surface area contributed by atoms with Gasteiger partial charge in [-0.25, -0.2) is 0 Å². The summed E-state index contributed by atoms with van der Waals surface area (Å²) in [6, 6.07) is 3.43. The fourth-order valence-corrected chi connectivity index (χ4v) is 34.0. The molecule has 4 aliphatic rings. The molecule has 48 heavy (non-hydrogen) atoms. The number of ether oxygens (including phenoxy) is 5. The van der Waals surface area contributed by atoms with Crippen LogP contribution in [0.1, 0.15) is 38.5 Å². The molecule has 0 bridgehead atoms. The summed E-state index contributed by atoms with van der Waals surface area (Å²) >= 11 is 0. The molecule has 0 aromatic carbocycles. The Morgan fingerprint density at radius 2 is 1.23 bits per heavy atom. The summed E-state index contributed by atoms with van der Waals surface area (Å²) in [5, 5.41) is 0. The van der Waals surface area contributed by atoms with Gasteiger partial charge in [0.1, 0.15) is 12.2 Å². The van der Waals surface area contributed by atoms with Gasteiger partial charge in [0, 0.05) is 13.2 Å². The molecule has 9 nitrogen and oxygen atoms in total. The molecule has 4 fully saturated rings. The maximum Gasteiger partial charge on any atom is 0.315 e. The lowest BCUT2D eigenvalue weighted by Gasteiger charge is -2.41. The molecule has 5 unspecified atom stereocenters. The van der Waals surface area contributed by atoms with Gasteiger partial charge < -0.3 is 40.1 Å². The van der Waals surface area contributed by atoms with Crippen molar-refractivity contribution >= 4 is 50.4 Å². The van der Waals surface area contributed by atoms with Gasteiger partial charge >= 0.3 is 17.1 Å². The van der Waals surface area contributed by atoms with E-state index in [1.807, 2.05) is 0 Å². The van der Waals surface area contributed by atoms with Crippen LogP contribution < -0.4 is 0 Å². The van der Waals surface area contributed by atoms with Gasteiger partial charge in [0.25, 0.3) is 0 Å². The normalized spacial score (nSPS) is 26.2. The molecule has 0 aromatic rings. The van der Waals surface area contributed by atoms with Crippen LogP contribution in [-0.4, -0.2) is 114 Å². The standard InChI is InChI=1S/C17H40O4Si4.C16H34O5Si2/c1-22(2,3)19-24(7,8)21-25(9,20-23(4,5)6)13-12-15-10-11-16-17(14-15)18-16;1-22(2,9-5-7-17-11-16-14-20-16)21-23(3,4)10-6-8-19-15-12-18-13-15/h15-17H,10-14H2,1-9H3;15-16H,5-14H2,1-4H3. The summed E-state index contributed by atoms with van der Waals surface area (Å²) in [5.74, 6) is 0.784. The van der Waals surface area contributed by atoms with Crippen LogP contribution in [0.4, 0.5) is 0 Å². The van der Waals surface area contributed by atoms with Crippen LogP contribution in [-0.2, 0) is 40.1 Å². The molecule has 0 N–H and O–H groups in total. The molecule has 0 amide bonds. The quantitative estimate of drug-likeness (QED) is 0.0610.